The van der Waals surface area contributed by atoms with Crippen molar-refractivity contribution in [3.8, 4) is 0 Å². The molecule has 1 aliphatic rings. The van der Waals surface area contributed by atoms with Gasteiger partial charge in [-0.25, -0.2) is 14.3 Å². The van der Waals surface area contributed by atoms with Crippen LogP contribution in [-0.2, 0) is 9.30 Å². The highest BCUT2D eigenvalue weighted by molar-refractivity contribution is 7.69. The molecule has 0 saturated carbocycles. The standard InChI is InChI=1S/C15H19Cl2N3O4.CH3O5P/c1-6(2)18-15-19-9-3-7(16)8(17)4-10(9)20(15)14-13(23)12(22)11(5-21)24-14;2-1(3)7(4,5)6/h3-4,6,11-14,21-23H,5H2,1-2H3,(H,18,19);(H,2,3)(H2,4,5,6)/t11-,12-,13-,14-;/m0./s1. The number of nitrogens with zero attached hydrogens (tertiary/aromatic N) is 2. The summed E-state index contributed by atoms with van der Waals surface area (Å²) in [5.74, 6) is 0.452. The van der Waals surface area contributed by atoms with Gasteiger partial charge in [0, 0.05) is 6.04 Å². The van der Waals surface area contributed by atoms with Crippen LogP contribution in [0.4, 0.5) is 10.7 Å². The number of halogens is 2. The van der Waals surface area contributed by atoms with Crippen molar-refractivity contribution in [2.75, 3.05) is 11.9 Å². The molecule has 1 fully saturated rings. The fourth-order valence-electron chi connectivity index (χ4n) is 2.80. The molecule has 1 aromatic heterocycles. The number of aromatic nitrogens is 2. The number of benzene rings is 1. The lowest BCUT2D eigenvalue weighted by molar-refractivity contribution is -0.0499. The van der Waals surface area contributed by atoms with Gasteiger partial charge in [0.15, 0.2) is 6.23 Å². The summed E-state index contributed by atoms with van der Waals surface area (Å²) in [5, 5.41) is 41.1. The summed E-state index contributed by atoms with van der Waals surface area (Å²) >= 11 is 12.2. The third kappa shape index (κ3) is 5.86. The minimum absolute atomic E-state index is 0.0728. The summed E-state index contributed by atoms with van der Waals surface area (Å²) in [6.07, 6.45) is -4.22. The van der Waals surface area contributed by atoms with Gasteiger partial charge in [0.25, 0.3) is 0 Å². The Bertz CT molecular complexity index is 996. The molecule has 1 saturated heterocycles. The normalized spacial score (nSPS) is 23.7. The molecule has 2 aromatic rings. The topological polar surface area (TPSA) is 195 Å². The molecule has 1 aromatic carbocycles. The largest absolute Gasteiger partial charge is 0.472 e. The van der Waals surface area contributed by atoms with E-state index in [-0.39, 0.29) is 6.04 Å². The molecule has 174 valence electrons. The van der Waals surface area contributed by atoms with Gasteiger partial charge in [-0.05, 0) is 26.0 Å². The first-order valence-electron chi connectivity index (χ1n) is 8.82. The average molecular weight is 502 g/mol. The van der Waals surface area contributed by atoms with Gasteiger partial charge >= 0.3 is 13.3 Å². The number of carbonyl (C=O) groups is 1. The average Bonchev–Trinajstić information content (AvgIpc) is 3.11. The molecule has 0 amide bonds. The van der Waals surface area contributed by atoms with Crippen molar-refractivity contribution in [2.24, 2.45) is 0 Å². The number of ether oxygens (including phenoxy) is 1. The maximum absolute atomic E-state index is 10.4. The Morgan fingerprint density at radius 3 is 2.26 bits per heavy atom. The van der Waals surface area contributed by atoms with Gasteiger partial charge in [0.1, 0.15) is 18.3 Å². The molecule has 0 spiro atoms. The lowest BCUT2D eigenvalue weighted by atomic mass is 10.1. The van der Waals surface area contributed by atoms with Gasteiger partial charge in [-0.3, -0.25) is 4.57 Å². The highest BCUT2D eigenvalue weighted by atomic mass is 35.5. The van der Waals surface area contributed by atoms with Crippen LogP contribution < -0.4 is 5.32 Å². The van der Waals surface area contributed by atoms with Crippen LogP contribution in [0.2, 0.25) is 10.0 Å². The van der Waals surface area contributed by atoms with Gasteiger partial charge in [0.2, 0.25) is 5.95 Å². The van der Waals surface area contributed by atoms with E-state index < -0.39 is 44.5 Å². The Morgan fingerprint density at radius 2 is 1.81 bits per heavy atom. The van der Waals surface area contributed by atoms with Crippen molar-refractivity contribution in [1.82, 2.24) is 9.55 Å². The highest BCUT2D eigenvalue weighted by Gasteiger charge is 2.44. The maximum Gasteiger partial charge on any atom is 0.433 e. The minimum Gasteiger partial charge on any atom is -0.472 e. The second-order valence-corrected chi connectivity index (χ2v) is 9.20. The summed E-state index contributed by atoms with van der Waals surface area (Å²) in [6.45, 7) is 3.49. The summed E-state index contributed by atoms with van der Waals surface area (Å²) in [4.78, 5) is 29.0. The van der Waals surface area contributed by atoms with Crippen LogP contribution in [0.3, 0.4) is 0 Å². The molecule has 0 unspecified atom stereocenters. The van der Waals surface area contributed by atoms with Gasteiger partial charge in [-0.2, -0.15) is 0 Å². The summed E-state index contributed by atoms with van der Waals surface area (Å²) < 4.78 is 16.7. The third-order valence-electron chi connectivity index (χ3n) is 4.17. The van der Waals surface area contributed by atoms with Gasteiger partial charge in [0.05, 0.1) is 27.7 Å². The Kier molecular flexibility index (Phi) is 8.31. The molecule has 12 nitrogen and oxygen atoms in total. The van der Waals surface area contributed by atoms with Crippen LogP contribution in [0.25, 0.3) is 11.0 Å². The monoisotopic (exact) mass is 501 g/mol. The zero-order chi connectivity index (χ0) is 23.7. The van der Waals surface area contributed by atoms with Crippen LogP contribution in [0.1, 0.15) is 20.1 Å². The Labute approximate surface area is 186 Å². The van der Waals surface area contributed by atoms with E-state index in [1.54, 1.807) is 16.7 Å². The Hall–Kier alpha value is -1.47. The highest BCUT2D eigenvalue weighted by Crippen LogP contribution is 2.37. The Morgan fingerprint density at radius 1 is 1.26 bits per heavy atom. The number of anilines is 1. The first-order valence-corrected chi connectivity index (χ1v) is 11.2. The summed E-state index contributed by atoms with van der Waals surface area (Å²) in [7, 11) is -4.82. The predicted molar refractivity (Wildman–Crippen MR) is 112 cm³/mol. The second kappa shape index (κ2) is 9.99. The van der Waals surface area contributed by atoms with Gasteiger partial charge < -0.3 is 40.3 Å². The molecule has 7 N–H and O–H groups in total. The maximum atomic E-state index is 10.4. The van der Waals surface area contributed by atoms with E-state index in [4.69, 9.17) is 42.8 Å². The SMILES string of the molecule is CC(C)Nc1nc2cc(Cl)c(Cl)cc2n1[C@H]1O[C@@H](CO)[C@H](O)[C@@H]1O.O=C(O)P(=O)(O)O. The first kappa shape index (κ1) is 25.8. The van der Waals surface area contributed by atoms with Crippen molar-refractivity contribution in [1.29, 1.82) is 0 Å². The molecule has 15 heteroatoms. The van der Waals surface area contributed by atoms with Gasteiger partial charge in [-0.15, -0.1) is 0 Å². The van der Waals surface area contributed by atoms with Crippen LogP contribution >= 0.6 is 30.8 Å². The molecule has 31 heavy (non-hydrogen) atoms. The van der Waals surface area contributed by atoms with E-state index >= 15 is 0 Å². The van der Waals surface area contributed by atoms with Crippen molar-refractivity contribution in [3.05, 3.63) is 22.2 Å². The zero-order valence-electron chi connectivity index (χ0n) is 16.3. The number of fused-ring (bicyclic) bond motifs is 1. The number of aliphatic hydroxyl groups is 3. The number of rotatable bonds is 5. The number of aliphatic hydroxyl groups excluding tert-OH is 3. The molecule has 2 heterocycles. The number of imidazole rings is 1. The van der Waals surface area contributed by atoms with Crippen LogP contribution in [0.15, 0.2) is 12.1 Å². The minimum atomic E-state index is -4.82. The van der Waals surface area contributed by atoms with Crippen LogP contribution in [0, 0.1) is 0 Å². The molecule has 1 aliphatic heterocycles. The van der Waals surface area contributed by atoms with Crippen molar-refractivity contribution in [2.45, 2.75) is 44.4 Å². The van der Waals surface area contributed by atoms with E-state index in [2.05, 4.69) is 10.3 Å². The van der Waals surface area contributed by atoms with Crippen molar-refractivity contribution in [3.63, 3.8) is 0 Å². The quantitative estimate of drug-likeness (QED) is 0.294. The lowest BCUT2D eigenvalue weighted by Crippen LogP contribution is -2.33. The molecular weight excluding hydrogens is 480 g/mol. The molecule has 3 rings (SSSR count). The second-order valence-electron chi connectivity index (χ2n) is 6.91. The number of nitrogens with one attached hydrogen (secondary N) is 1. The smallest absolute Gasteiger partial charge is 0.433 e. The predicted octanol–water partition coefficient (Wildman–Crippen LogP) is 1.62. The lowest BCUT2D eigenvalue weighted by Gasteiger charge is -2.21. The molecule has 0 radical (unpaired) electrons. The molecular formula is C16H22Cl2N3O9P. The molecule has 4 atom stereocenters. The van der Waals surface area contributed by atoms with E-state index in [0.29, 0.717) is 27.0 Å². The van der Waals surface area contributed by atoms with Crippen molar-refractivity contribution >= 4 is 53.5 Å². The van der Waals surface area contributed by atoms with Crippen molar-refractivity contribution < 1.29 is 44.3 Å². The van der Waals surface area contributed by atoms with E-state index in [1.807, 2.05) is 13.8 Å². The fraction of sp³-hybridized carbons (Fsp3) is 0.500. The van der Waals surface area contributed by atoms with Crippen LogP contribution in [-0.4, -0.2) is 76.4 Å². The van der Waals surface area contributed by atoms with Gasteiger partial charge in [-0.1, -0.05) is 23.2 Å². The summed E-state index contributed by atoms with van der Waals surface area (Å²) in [5.41, 5.74) is -0.917. The molecule has 0 bridgehead atoms. The van der Waals surface area contributed by atoms with E-state index in [1.165, 1.54) is 0 Å². The fourth-order valence-corrected chi connectivity index (χ4v) is 3.12. The third-order valence-corrected chi connectivity index (χ3v) is 5.39. The first-order chi connectivity index (χ1) is 14.3. The zero-order valence-corrected chi connectivity index (χ0v) is 18.7. The molecule has 0 aliphatic carbocycles. The van der Waals surface area contributed by atoms with Crippen LogP contribution in [0.5, 0.6) is 0 Å². The number of hydrogen-bond acceptors (Lipinski definition) is 8. The Balaban J connectivity index is 0.000000423. The van der Waals surface area contributed by atoms with E-state index in [9.17, 15) is 24.7 Å². The number of hydrogen-bond donors (Lipinski definition) is 7. The number of carboxylic acid groups (broad SMARTS) is 1. The van der Waals surface area contributed by atoms with E-state index in [0.717, 1.165) is 0 Å². The summed E-state index contributed by atoms with van der Waals surface area (Å²) in [6, 6.07) is 3.33.